The van der Waals surface area contributed by atoms with Crippen LogP contribution in [0.2, 0.25) is 0 Å². The first-order valence-electron chi connectivity index (χ1n) is 12.3. The zero-order chi connectivity index (χ0) is 22.9. The number of hydrogen-bond donors (Lipinski definition) is 0. The van der Waals surface area contributed by atoms with Crippen LogP contribution in [0.4, 0.5) is 5.69 Å². The van der Waals surface area contributed by atoms with E-state index >= 15 is 0 Å². The molecule has 2 heterocycles. The molecule has 0 bridgehead atoms. The second kappa shape index (κ2) is 7.21. The summed E-state index contributed by atoms with van der Waals surface area (Å²) in [4.78, 5) is 16.7. The van der Waals surface area contributed by atoms with Crippen molar-refractivity contribution in [1.82, 2.24) is 4.90 Å². The van der Waals surface area contributed by atoms with E-state index in [1.165, 1.54) is 52.7 Å². The van der Waals surface area contributed by atoms with Crippen LogP contribution >= 0.6 is 0 Å². The SMILES string of the molecule is CCC1CN(C)c2cc(C)c3ccccc3c21.CN1CC2CC23C1=CC(=O)c1ccccc13. The predicted molar refractivity (Wildman–Crippen MR) is 136 cm³/mol. The van der Waals surface area contributed by atoms with Crippen molar-refractivity contribution in [1.29, 1.82) is 0 Å². The Kier molecular flexibility index (Phi) is 4.49. The van der Waals surface area contributed by atoms with Gasteiger partial charge >= 0.3 is 0 Å². The van der Waals surface area contributed by atoms with Crippen molar-refractivity contribution in [2.45, 2.75) is 38.0 Å². The highest BCUT2D eigenvalue weighted by Gasteiger charge is 2.65. The molecule has 0 amide bonds. The van der Waals surface area contributed by atoms with Crippen LogP contribution in [0.3, 0.4) is 0 Å². The van der Waals surface area contributed by atoms with Crippen LogP contribution in [0.1, 0.15) is 52.7 Å². The summed E-state index contributed by atoms with van der Waals surface area (Å²) < 4.78 is 0. The molecular formula is C30H32N2O. The normalized spacial score (nSPS) is 26.2. The lowest BCUT2D eigenvalue weighted by molar-refractivity contribution is 0.103. The van der Waals surface area contributed by atoms with E-state index in [1.54, 1.807) is 5.56 Å². The minimum atomic E-state index is 0.177. The molecule has 168 valence electrons. The highest BCUT2D eigenvalue weighted by Crippen LogP contribution is 2.66. The second-order valence-electron chi connectivity index (χ2n) is 10.3. The zero-order valence-electron chi connectivity index (χ0n) is 20.1. The summed E-state index contributed by atoms with van der Waals surface area (Å²) in [7, 11) is 4.31. The highest BCUT2D eigenvalue weighted by molar-refractivity contribution is 6.08. The molecule has 2 aliphatic heterocycles. The minimum absolute atomic E-state index is 0.177. The third-order valence-corrected chi connectivity index (χ3v) is 8.49. The number of likely N-dealkylation sites (N-methyl/N-ethyl adjacent to an activating group) is 2. The van der Waals surface area contributed by atoms with E-state index in [-0.39, 0.29) is 11.2 Å². The molecular weight excluding hydrogens is 404 g/mol. The van der Waals surface area contributed by atoms with Crippen molar-refractivity contribution in [3.8, 4) is 0 Å². The minimum Gasteiger partial charge on any atom is -0.377 e. The maximum atomic E-state index is 12.0. The summed E-state index contributed by atoms with van der Waals surface area (Å²) in [5.74, 6) is 1.61. The predicted octanol–water partition coefficient (Wildman–Crippen LogP) is 6.06. The first kappa shape index (κ1) is 20.5. The molecule has 33 heavy (non-hydrogen) atoms. The molecule has 7 rings (SSSR count). The summed E-state index contributed by atoms with van der Waals surface area (Å²) in [6.07, 6.45) is 4.31. The van der Waals surface area contributed by atoms with Crippen LogP contribution in [0.5, 0.6) is 0 Å². The standard InChI is InChI=1S/C16H19N.C14H13NO/c1-4-12-10-17(3)15-9-11(2)13-7-5-6-8-14(13)16(12)15;1-15-8-9-7-14(9)11-5-3-2-4-10(11)12(16)6-13(14)15/h5-9,12H,4,10H2,1-3H3;2-6,9H,7-8H2,1H3. The molecule has 4 aliphatic rings. The van der Waals surface area contributed by atoms with Gasteiger partial charge in [-0.15, -0.1) is 0 Å². The Balaban J connectivity index is 0.000000125. The van der Waals surface area contributed by atoms with Gasteiger partial charge in [-0.05, 0) is 59.2 Å². The van der Waals surface area contributed by atoms with Crippen molar-refractivity contribution in [3.63, 3.8) is 0 Å². The lowest BCUT2D eigenvalue weighted by Crippen LogP contribution is -2.26. The average Bonchev–Trinajstić information content (AvgIpc) is 3.33. The van der Waals surface area contributed by atoms with E-state index in [0.29, 0.717) is 5.92 Å². The van der Waals surface area contributed by atoms with Crippen molar-refractivity contribution in [2.75, 3.05) is 32.1 Å². The quantitative estimate of drug-likeness (QED) is 0.463. The number of allylic oxidation sites excluding steroid dienone is 2. The Bertz CT molecular complexity index is 1320. The maximum Gasteiger partial charge on any atom is 0.187 e. The first-order valence-corrected chi connectivity index (χ1v) is 12.3. The van der Waals surface area contributed by atoms with Gasteiger partial charge in [-0.3, -0.25) is 4.79 Å². The Hall–Kier alpha value is -3.07. The summed E-state index contributed by atoms with van der Waals surface area (Å²) in [6.45, 7) is 6.78. The number of ketones is 1. The van der Waals surface area contributed by atoms with Gasteiger partial charge in [0.15, 0.2) is 5.78 Å². The number of carbonyl (C=O) groups excluding carboxylic acids is 1. The summed E-state index contributed by atoms with van der Waals surface area (Å²) in [5.41, 5.74) is 8.04. The van der Waals surface area contributed by atoms with Crippen molar-refractivity contribution >= 4 is 22.2 Å². The monoisotopic (exact) mass is 436 g/mol. The Morgan fingerprint density at radius 3 is 2.48 bits per heavy atom. The molecule has 3 heteroatoms. The van der Waals surface area contributed by atoms with E-state index < -0.39 is 0 Å². The molecule has 1 saturated carbocycles. The fourth-order valence-electron chi connectivity index (χ4n) is 6.79. The number of rotatable bonds is 1. The molecule has 3 nitrogen and oxygen atoms in total. The molecule has 2 fully saturated rings. The molecule has 3 aromatic rings. The van der Waals surface area contributed by atoms with Crippen LogP contribution in [-0.2, 0) is 5.41 Å². The van der Waals surface area contributed by atoms with Crippen LogP contribution in [0, 0.1) is 12.8 Å². The first-order chi connectivity index (χ1) is 16.0. The van der Waals surface area contributed by atoms with Gasteiger partial charge in [-0.1, -0.05) is 55.5 Å². The van der Waals surface area contributed by atoms with Gasteiger partial charge in [0, 0.05) is 61.5 Å². The van der Waals surface area contributed by atoms with Crippen LogP contribution in [0.15, 0.2) is 66.4 Å². The van der Waals surface area contributed by atoms with E-state index in [9.17, 15) is 4.79 Å². The van der Waals surface area contributed by atoms with Gasteiger partial charge in [0.25, 0.3) is 0 Å². The number of aryl methyl sites for hydroxylation is 1. The molecule has 3 atom stereocenters. The molecule has 2 aliphatic carbocycles. The summed E-state index contributed by atoms with van der Waals surface area (Å²) in [5, 5.41) is 2.87. The Morgan fingerprint density at radius 2 is 1.70 bits per heavy atom. The smallest absolute Gasteiger partial charge is 0.187 e. The fourth-order valence-corrected chi connectivity index (χ4v) is 6.79. The number of benzene rings is 3. The topological polar surface area (TPSA) is 23.6 Å². The number of anilines is 1. The third kappa shape index (κ3) is 2.84. The molecule has 0 aromatic heterocycles. The number of piperidine rings is 1. The van der Waals surface area contributed by atoms with Crippen LogP contribution in [-0.4, -0.2) is 37.9 Å². The number of nitrogens with zero attached hydrogens (tertiary/aromatic N) is 2. The lowest BCUT2D eigenvalue weighted by atomic mass is 9.81. The zero-order valence-corrected chi connectivity index (χ0v) is 20.1. The van der Waals surface area contributed by atoms with E-state index in [1.807, 2.05) is 18.2 Å². The number of likely N-dealkylation sites (tertiary alicyclic amines) is 1. The molecule has 3 aromatic carbocycles. The van der Waals surface area contributed by atoms with Gasteiger partial charge in [0.05, 0.1) is 0 Å². The average molecular weight is 437 g/mol. The van der Waals surface area contributed by atoms with Crippen molar-refractivity contribution in [2.24, 2.45) is 5.92 Å². The van der Waals surface area contributed by atoms with E-state index in [0.717, 1.165) is 18.0 Å². The van der Waals surface area contributed by atoms with E-state index in [4.69, 9.17) is 0 Å². The Morgan fingerprint density at radius 1 is 0.970 bits per heavy atom. The largest absolute Gasteiger partial charge is 0.377 e. The molecule has 0 radical (unpaired) electrons. The van der Waals surface area contributed by atoms with Crippen molar-refractivity contribution in [3.05, 3.63) is 88.6 Å². The Labute approximate surface area is 196 Å². The molecule has 0 N–H and O–H groups in total. The maximum absolute atomic E-state index is 12.0. The second-order valence-corrected chi connectivity index (χ2v) is 10.3. The van der Waals surface area contributed by atoms with Crippen molar-refractivity contribution < 1.29 is 4.79 Å². The van der Waals surface area contributed by atoms with Gasteiger partial charge in [-0.25, -0.2) is 0 Å². The van der Waals surface area contributed by atoms with Crippen LogP contribution < -0.4 is 4.90 Å². The third-order valence-electron chi connectivity index (χ3n) is 8.49. The lowest BCUT2D eigenvalue weighted by Gasteiger charge is -2.27. The van der Waals surface area contributed by atoms with Gasteiger partial charge in [-0.2, -0.15) is 0 Å². The van der Waals surface area contributed by atoms with E-state index in [2.05, 4.69) is 80.2 Å². The van der Waals surface area contributed by atoms with Gasteiger partial charge < -0.3 is 9.80 Å². The van der Waals surface area contributed by atoms with Crippen LogP contribution in [0.25, 0.3) is 10.8 Å². The highest BCUT2D eigenvalue weighted by atomic mass is 16.1. The summed E-state index contributed by atoms with van der Waals surface area (Å²) >= 11 is 0. The summed E-state index contributed by atoms with van der Waals surface area (Å²) in [6, 6.07) is 19.3. The fraction of sp³-hybridized carbons (Fsp3) is 0.367. The molecule has 1 spiro atoms. The number of hydrogen-bond acceptors (Lipinski definition) is 3. The van der Waals surface area contributed by atoms with Gasteiger partial charge in [0.1, 0.15) is 0 Å². The number of fused-ring (bicyclic) bond motifs is 4. The number of carbonyl (C=O) groups is 1. The molecule has 1 saturated heterocycles. The molecule has 3 unspecified atom stereocenters. The van der Waals surface area contributed by atoms with Gasteiger partial charge in [0.2, 0.25) is 0 Å².